The van der Waals surface area contributed by atoms with E-state index in [1.165, 1.54) is 28.6 Å². The normalized spacial score (nSPS) is 15.5. The largest absolute Gasteiger partial charge is 0.462 e. The first kappa shape index (κ1) is 20.2. The highest BCUT2D eigenvalue weighted by Crippen LogP contribution is 2.18. The summed E-state index contributed by atoms with van der Waals surface area (Å²) in [4.78, 5) is 25.3. The lowest BCUT2D eigenvalue weighted by Gasteiger charge is -2.34. The molecule has 1 aliphatic rings. The van der Waals surface area contributed by atoms with Gasteiger partial charge in [-0.05, 0) is 37.6 Å². The second kappa shape index (κ2) is 9.00. The Balaban J connectivity index is 2.00. The molecule has 2 amide bonds. The fourth-order valence-corrected chi connectivity index (χ4v) is 4.02. The van der Waals surface area contributed by atoms with Crippen LogP contribution in [0.4, 0.5) is 4.79 Å². The zero-order valence-corrected chi connectivity index (χ0v) is 15.9. The zero-order valence-electron chi connectivity index (χ0n) is 15.1. The van der Waals surface area contributed by atoms with E-state index >= 15 is 0 Å². The monoisotopic (exact) mass is 383 g/mol. The Hall–Kier alpha value is -2.13. The van der Waals surface area contributed by atoms with Crippen molar-refractivity contribution in [1.82, 2.24) is 14.5 Å². The van der Waals surface area contributed by atoms with Gasteiger partial charge < -0.3 is 15.0 Å². The molecule has 1 heterocycles. The SMILES string of the molecule is CCCNC(=O)N1CCN(S(=O)(=O)c2ccc(C(=O)OCC)cc2)CC1. The standard InChI is InChI=1S/C17H25N3O5S/c1-3-9-18-17(22)19-10-12-20(13-11-19)26(23,24)15-7-5-14(6-8-15)16(21)25-4-2/h5-8H,3-4,9-13H2,1-2H3,(H,18,22). The van der Waals surface area contributed by atoms with Gasteiger partial charge in [-0.1, -0.05) is 6.92 Å². The van der Waals surface area contributed by atoms with E-state index in [9.17, 15) is 18.0 Å². The third-order valence-corrected chi connectivity index (χ3v) is 5.97. The number of amides is 2. The molecule has 144 valence electrons. The highest BCUT2D eigenvalue weighted by Gasteiger charge is 2.30. The molecule has 0 unspecified atom stereocenters. The molecule has 26 heavy (non-hydrogen) atoms. The maximum absolute atomic E-state index is 12.7. The molecular formula is C17H25N3O5S. The summed E-state index contributed by atoms with van der Waals surface area (Å²) in [5.74, 6) is -0.483. The molecule has 2 rings (SSSR count). The number of rotatable bonds is 6. The molecule has 9 heteroatoms. The van der Waals surface area contributed by atoms with Gasteiger partial charge in [0.15, 0.2) is 0 Å². The van der Waals surface area contributed by atoms with Crippen LogP contribution in [0.1, 0.15) is 30.6 Å². The van der Waals surface area contributed by atoms with Crippen LogP contribution in [0.3, 0.4) is 0 Å². The number of carbonyl (C=O) groups is 2. The number of esters is 1. The van der Waals surface area contributed by atoms with Gasteiger partial charge in [-0.25, -0.2) is 18.0 Å². The molecule has 0 atom stereocenters. The predicted octanol–water partition coefficient (Wildman–Crippen LogP) is 1.29. The second-order valence-corrected chi connectivity index (χ2v) is 7.81. The summed E-state index contributed by atoms with van der Waals surface area (Å²) in [6, 6.07) is 5.53. The third kappa shape index (κ3) is 4.73. The molecule has 1 N–H and O–H groups in total. The topological polar surface area (TPSA) is 96.0 Å². The molecule has 0 aliphatic carbocycles. The molecule has 1 aromatic carbocycles. The van der Waals surface area contributed by atoms with Crippen LogP contribution >= 0.6 is 0 Å². The van der Waals surface area contributed by atoms with Crippen molar-refractivity contribution in [2.75, 3.05) is 39.3 Å². The minimum absolute atomic E-state index is 0.120. The predicted molar refractivity (Wildman–Crippen MR) is 96.4 cm³/mol. The first-order chi connectivity index (χ1) is 12.4. The minimum atomic E-state index is -3.66. The minimum Gasteiger partial charge on any atom is -0.462 e. The summed E-state index contributed by atoms with van der Waals surface area (Å²) < 4.78 is 31.7. The van der Waals surface area contributed by atoms with Crippen LogP contribution in [0.5, 0.6) is 0 Å². The maximum atomic E-state index is 12.7. The highest BCUT2D eigenvalue weighted by molar-refractivity contribution is 7.89. The van der Waals surface area contributed by atoms with Crippen molar-refractivity contribution in [1.29, 1.82) is 0 Å². The summed E-state index contributed by atoms with van der Waals surface area (Å²) in [7, 11) is -3.66. The molecule has 0 bridgehead atoms. The van der Waals surface area contributed by atoms with E-state index in [0.29, 0.717) is 25.2 Å². The Morgan fingerprint density at radius 3 is 2.23 bits per heavy atom. The summed E-state index contributed by atoms with van der Waals surface area (Å²) in [6.45, 7) is 5.70. The van der Waals surface area contributed by atoms with Crippen LogP contribution in [0.25, 0.3) is 0 Å². The average molecular weight is 383 g/mol. The molecule has 0 aromatic heterocycles. The van der Waals surface area contributed by atoms with Crippen molar-refractivity contribution in [3.8, 4) is 0 Å². The lowest BCUT2D eigenvalue weighted by Crippen LogP contribution is -2.53. The Bertz CT molecular complexity index is 725. The summed E-state index contributed by atoms with van der Waals surface area (Å²) in [5, 5.41) is 2.79. The zero-order chi connectivity index (χ0) is 19.2. The Kier molecular flexibility index (Phi) is 6.98. The van der Waals surface area contributed by atoms with Gasteiger partial charge in [0.1, 0.15) is 0 Å². The maximum Gasteiger partial charge on any atom is 0.338 e. The van der Waals surface area contributed by atoms with Gasteiger partial charge in [0.2, 0.25) is 10.0 Å². The number of sulfonamides is 1. The van der Waals surface area contributed by atoms with E-state index in [2.05, 4.69) is 5.32 Å². The molecule has 8 nitrogen and oxygen atoms in total. The second-order valence-electron chi connectivity index (χ2n) is 5.87. The van der Waals surface area contributed by atoms with E-state index in [4.69, 9.17) is 4.74 Å². The van der Waals surface area contributed by atoms with Gasteiger partial charge in [-0.15, -0.1) is 0 Å². The van der Waals surface area contributed by atoms with Crippen molar-refractivity contribution in [3.05, 3.63) is 29.8 Å². The van der Waals surface area contributed by atoms with Gasteiger partial charge in [0.05, 0.1) is 17.1 Å². The fraction of sp³-hybridized carbons (Fsp3) is 0.529. The average Bonchev–Trinajstić information content (AvgIpc) is 2.66. The van der Waals surface area contributed by atoms with Crippen molar-refractivity contribution in [2.45, 2.75) is 25.2 Å². The van der Waals surface area contributed by atoms with Crippen LogP contribution in [0, 0.1) is 0 Å². The number of urea groups is 1. The number of ether oxygens (including phenoxy) is 1. The summed E-state index contributed by atoms with van der Waals surface area (Å²) in [6.07, 6.45) is 0.849. The number of carbonyl (C=O) groups excluding carboxylic acids is 2. The molecular weight excluding hydrogens is 358 g/mol. The Labute approximate surface area is 154 Å². The Morgan fingerprint density at radius 1 is 1.08 bits per heavy atom. The van der Waals surface area contributed by atoms with Crippen LogP contribution in [0.2, 0.25) is 0 Å². The van der Waals surface area contributed by atoms with Crippen LogP contribution in [0.15, 0.2) is 29.2 Å². The highest BCUT2D eigenvalue weighted by atomic mass is 32.2. The molecule has 1 aromatic rings. The number of nitrogens with zero attached hydrogens (tertiary/aromatic N) is 2. The number of hydrogen-bond acceptors (Lipinski definition) is 5. The summed E-state index contributed by atoms with van der Waals surface area (Å²) in [5.41, 5.74) is 0.309. The van der Waals surface area contributed by atoms with Crippen molar-refractivity contribution in [3.63, 3.8) is 0 Å². The third-order valence-electron chi connectivity index (χ3n) is 4.06. The Morgan fingerprint density at radius 2 is 1.69 bits per heavy atom. The van der Waals surface area contributed by atoms with Gasteiger partial charge in [0, 0.05) is 32.7 Å². The van der Waals surface area contributed by atoms with Crippen LogP contribution in [-0.2, 0) is 14.8 Å². The first-order valence-electron chi connectivity index (χ1n) is 8.70. The van der Waals surface area contributed by atoms with E-state index in [0.717, 1.165) is 6.42 Å². The molecule has 0 radical (unpaired) electrons. The molecule has 1 fully saturated rings. The van der Waals surface area contributed by atoms with Gasteiger partial charge in [-0.2, -0.15) is 4.31 Å². The van der Waals surface area contributed by atoms with Crippen molar-refractivity contribution in [2.24, 2.45) is 0 Å². The van der Waals surface area contributed by atoms with Gasteiger partial charge in [-0.3, -0.25) is 0 Å². The van der Waals surface area contributed by atoms with E-state index in [1.807, 2.05) is 6.92 Å². The molecule has 1 saturated heterocycles. The van der Waals surface area contributed by atoms with E-state index < -0.39 is 16.0 Å². The fourth-order valence-electron chi connectivity index (χ4n) is 2.60. The van der Waals surface area contributed by atoms with E-state index in [1.54, 1.807) is 11.8 Å². The van der Waals surface area contributed by atoms with Crippen LogP contribution < -0.4 is 5.32 Å². The molecule has 1 aliphatic heterocycles. The van der Waals surface area contributed by atoms with E-state index in [-0.39, 0.29) is 30.6 Å². The smallest absolute Gasteiger partial charge is 0.338 e. The van der Waals surface area contributed by atoms with Gasteiger partial charge in [0.25, 0.3) is 0 Å². The number of piperazine rings is 1. The van der Waals surface area contributed by atoms with Crippen molar-refractivity contribution < 1.29 is 22.7 Å². The number of benzene rings is 1. The summed E-state index contributed by atoms with van der Waals surface area (Å²) >= 11 is 0. The van der Waals surface area contributed by atoms with Gasteiger partial charge >= 0.3 is 12.0 Å². The molecule has 0 spiro atoms. The quantitative estimate of drug-likeness (QED) is 0.747. The lowest BCUT2D eigenvalue weighted by atomic mass is 10.2. The molecule has 0 saturated carbocycles. The number of nitrogens with one attached hydrogen (secondary N) is 1. The first-order valence-corrected chi connectivity index (χ1v) is 10.1. The number of hydrogen-bond donors (Lipinski definition) is 1. The lowest BCUT2D eigenvalue weighted by molar-refractivity contribution is 0.0526. The van der Waals surface area contributed by atoms with Crippen molar-refractivity contribution >= 4 is 22.0 Å². The van der Waals surface area contributed by atoms with Crippen LogP contribution in [-0.4, -0.2) is 69.0 Å².